The number of nitrogens with zero attached hydrogens (tertiary/aromatic N) is 1. The van der Waals surface area contributed by atoms with Crippen molar-refractivity contribution >= 4 is 11.3 Å². The Labute approximate surface area is 146 Å². The summed E-state index contributed by atoms with van der Waals surface area (Å²) in [5, 5.41) is 11.2. The average Bonchev–Trinajstić information content (AvgIpc) is 2.86. The molecule has 0 saturated heterocycles. The standard InChI is InChI=1S/C19H20N2O4/c1-24-11-16-15-10-14(21(22)23)8-9-17(15)19(20,18(16)12-25-2)13-6-4-3-5-7-13/h3-10H,11-12,20H2,1-2H3/t19-/m1/s1. The van der Waals surface area contributed by atoms with Crippen LogP contribution in [0.15, 0.2) is 54.1 Å². The first kappa shape index (κ1) is 17.3. The molecule has 6 nitrogen and oxygen atoms in total. The lowest BCUT2D eigenvalue weighted by atomic mass is 9.81. The normalized spacial score (nSPS) is 19.2. The molecule has 130 valence electrons. The lowest BCUT2D eigenvalue weighted by Crippen LogP contribution is -2.39. The summed E-state index contributed by atoms with van der Waals surface area (Å²) in [6.45, 7) is 0.616. The Balaban J connectivity index is 2.30. The molecule has 2 aromatic rings. The summed E-state index contributed by atoms with van der Waals surface area (Å²) >= 11 is 0. The number of methoxy groups -OCH3 is 2. The third-order valence-electron chi connectivity index (χ3n) is 4.61. The lowest BCUT2D eigenvalue weighted by molar-refractivity contribution is -0.384. The summed E-state index contributed by atoms with van der Waals surface area (Å²) in [7, 11) is 3.20. The first-order chi connectivity index (χ1) is 12.0. The van der Waals surface area contributed by atoms with Crippen LogP contribution >= 0.6 is 0 Å². The maximum absolute atomic E-state index is 11.2. The van der Waals surface area contributed by atoms with Crippen molar-refractivity contribution in [2.24, 2.45) is 5.73 Å². The first-order valence-corrected chi connectivity index (χ1v) is 7.88. The molecule has 1 aliphatic rings. The van der Waals surface area contributed by atoms with Gasteiger partial charge in [-0.1, -0.05) is 30.3 Å². The van der Waals surface area contributed by atoms with Gasteiger partial charge in [-0.15, -0.1) is 0 Å². The monoisotopic (exact) mass is 340 g/mol. The molecule has 0 spiro atoms. The average molecular weight is 340 g/mol. The van der Waals surface area contributed by atoms with E-state index in [2.05, 4.69) is 0 Å². The van der Waals surface area contributed by atoms with E-state index in [1.807, 2.05) is 30.3 Å². The quantitative estimate of drug-likeness (QED) is 0.645. The molecular weight excluding hydrogens is 320 g/mol. The van der Waals surface area contributed by atoms with E-state index < -0.39 is 10.5 Å². The van der Waals surface area contributed by atoms with Crippen molar-refractivity contribution in [3.05, 3.63) is 80.9 Å². The fourth-order valence-corrected chi connectivity index (χ4v) is 3.49. The van der Waals surface area contributed by atoms with E-state index in [4.69, 9.17) is 15.2 Å². The number of hydrogen-bond acceptors (Lipinski definition) is 5. The van der Waals surface area contributed by atoms with Crippen LogP contribution in [0.1, 0.15) is 16.7 Å². The molecular formula is C19H20N2O4. The molecule has 0 bridgehead atoms. The van der Waals surface area contributed by atoms with E-state index in [1.165, 1.54) is 6.07 Å². The molecule has 25 heavy (non-hydrogen) atoms. The Morgan fingerprint density at radius 1 is 1.08 bits per heavy atom. The molecule has 0 saturated carbocycles. The van der Waals surface area contributed by atoms with Crippen molar-refractivity contribution in [2.75, 3.05) is 27.4 Å². The second-order valence-electron chi connectivity index (χ2n) is 5.98. The van der Waals surface area contributed by atoms with Gasteiger partial charge in [0.05, 0.1) is 23.7 Å². The van der Waals surface area contributed by atoms with Gasteiger partial charge < -0.3 is 15.2 Å². The van der Waals surface area contributed by atoms with Gasteiger partial charge in [-0.25, -0.2) is 0 Å². The van der Waals surface area contributed by atoms with Crippen molar-refractivity contribution < 1.29 is 14.4 Å². The number of benzene rings is 2. The summed E-state index contributed by atoms with van der Waals surface area (Å²) in [6.07, 6.45) is 0. The fourth-order valence-electron chi connectivity index (χ4n) is 3.49. The van der Waals surface area contributed by atoms with Gasteiger partial charge in [0.15, 0.2) is 0 Å². The Hall–Kier alpha value is -2.54. The van der Waals surface area contributed by atoms with E-state index >= 15 is 0 Å². The molecule has 2 aromatic carbocycles. The number of hydrogen-bond donors (Lipinski definition) is 1. The van der Waals surface area contributed by atoms with Crippen molar-refractivity contribution in [1.82, 2.24) is 0 Å². The molecule has 1 aliphatic carbocycles. The Bertz CT molecular complexity index is 833. The van der Waals surface area contributed by atoms with Crippen LogP contribution in [0.4, 0.5) is 5.69 Å². The minimum absolute atomic E-state index is 0.0291. The first-order valence-electron chi connectivity index (χ1n) is 7.88. The van der Waals surface area contributed by atoms with Crippen molar-refractivity contribution in [3.63, 3.8) is 0 Å². The maximum Gasteiger partial charge on any atom is 0.270 e. The Kier molecular flexibility index (Phi) is 4.67. The molecule has 0 aromatic heterocycles. The molecule has 0 heterocycles. The van der Waals surface area contributed by atoms with Crippen molar-refractivity contribution in [1.29, 1.82) is 0 Å². The van der Waals surface area contributed by atoms with Crippen LogP contribution in [0.2, 0.25) is 0 Å². The summed E-state index contributed by atoms with van der Waals surface area (Å²) in [5.74, 6) is 0. The lowest BCUT2D eigenvalue weighted by Gasteiger charge is -2.30. The van der Waals surface area contributed by atoms with Crippen molar-refractivity contribution in [2.45, 2.75) is 5.54 Å². The highest BCUT2D eigenvalue weighted by Gasteiger charge is 2.43. The molecule has 0 amide bonds. The van der Waals surface area contributed by atoms with E-state index in [1.54, 1.807) is 26.4 Å². The molecule has 2 N–H and O–H groups in total. The van der Waals surface area contributed by atoms with Crippen LogP contribution < -0.4 is 5.73 Å². The van der Waals surface area contributed by atoms with E-state index in [0.717, 1.165) is 27.8 Å². The van der Waals surface area contributed by atoms with Crippen LogP contribution in [0.25, 0.3) is 5.57 Å². The topological polar surface area (TPSA) is 87.6 Å². The molecule has 0 fully saturated rings. The largest absolute Gasteiger partial charge is 0.380 e. The minimum atomic E-state index is -0.907. The smallest absolute Gasteiger partial charge is 0.270 e. The zero-order chi connectivity index (χ0) is 18.0. The zero-order valence-corrected chi connectivity index (χ0v) is 14.2. The fraction of sp³-hybridized carbons (Fsp3) is 0.263. The highest BCUT2D eigenvalue weighted by atomic mass is 16.6. The predicted molar refractivity (Wildman–Crippen MR) is 95.2 cm³/mol. The van der Waals surface area contributed by atoms with Gasteiger partial charge in [0, 0.05) is 26.4 Å². The molecule has 1 atom stereocenters. The number of non-ortho nitro benzene ring substituents is 1. The number of ether oxygens (including phenoxy) is 2. The molecule has 0 radical (unpaired) electrons. The number of nitrogens with two attached hydrogens (primary N) is 1. The van der Waals surface area contributed by atoms with Gasteiger partial charge >= 0.3 is 0 Å². The van der Waals surface area contributed by atoms with Gasteiger partial charge in [0.25, 0.3) is 5.69 Å². The summed E-state index contributed by atoms with van der Waals surface area (Å²) in [5.41, 5.74) is 10.2. The summed E-state index contributed by atoms with van der Waals surface area (Å²) < 4.78 is 10.8. The second-order valence-corrected chi connectivity index (χ2v) is 5.98. The summed E-state index contributed by atoms with van der Waals surface area (Å²) in [6, 6.07) is 14.5. The van der Waals surface area contributed by atoms with Crippen LogP contribution in [0.5, 0.6) is 0 Å². The third kappa shape index (κ3) is 2.74. The van der Waals surface area contributed by atoms with E-state index in [-0.39, 0.29) is 5.69 Å². The SMILES string of the molecule is COCC1=C(COC)[C@@](N)(c2ccccc2)c2ccc([N+](=O)[O-])cc21. The van der Waals surface area contributed by atoms with Crippen LogP contribution in [-0.2, 0) is 15.0 Å². The van der Waals surface area contributed by atoms with Crippen LogP contribution in [0.3, 0.4) is 0 Å². The van der Waals surface area contributed by atoms with Gasteiger partial charge in [-0.2, -0.15) is 0 Å². The Morgan fingerprint density at radius 2 is 1.76 bits per heavy atom. The maximum atomic E-state index is 11.2. The van der Waals surface area contributed by atoms with Crippen molar-refractivity contribution in [3.8, 4) is 0 Å². The number of rotatable bonds is 6. The number of nitro groups is 1. The third-order valence-corrected chi connectivity index (χ3v) is 4.61. The van der Waals surface area contributed by atoms with Gasteiger partial charge in [-0.05, 0) is 33.9 Å². The molecule has 0 aliphatic heterocycles. The van der Waals surface area contributed by atoms with Gasteiger partial charge in [0.1, 0.15) is 0 Å². The molecule has 6 heteroatoms. The minimum Gasteiger partial charge on any atom is -0.380 e. The van der Waals surface area contributed by atoms with Crippen LogP contribution in [0, 0.1) is 10.1 Å². The van der Waals surface area contributed by atoms with Crippen LogP contribution in [-0.4, -0.2) is 32.4 Å². The highest BCUT2D eigenvalue weighted by molar-refractivity contribution is 5.84. The molecule has 0 unspecified atom stereocenters. The summed E-state index contributed by atoms with van der Waals surface area (Å²) in [4.78, 5) is 10.8. The van der Waals surface area contributed by atoms with E-state index in [9.17, 15) is 10.1 Å². The second kappa shape index (κ2) is 6.76. The zero-order valence-electron chi connectivity index (χ0n) is 14.2. The predicted octanol–water partition coefficient (Wildman–Crippen LogP) is 2.86. The van der Waals surface area contributed by atoms with E-state index in [0.29, 0.717) is 13.2 Å². The van der Waals surface area contributed by atoms with Gasteiger partial charge in [-0.3, -0.25) is 10.1 Å². The Morgan fingerprint density at radius 3 is 2.36 bits per heavy atom. The number of fused-ring (bicyclic) bond motifs is 1. The highest BCUT2D eigenvalue weighted by Crippen LogP contribution is 2.48. The van der Waals surface area contributed by atoms with Gasteiger partial charge in [0.2, 0.25) is 0 Å². The molecule has 3 rings (SSSR count). The number of nitro benzene ring substituents is 1.